The van der Waals surface area contributed by atoms with Crippen LogP contribution in [0.15, 0.2) is 97.1 Å². The van der Waals surface area contributed by atoms with Gasteiger partial charge < -0.3 is 0 Å². The fraction of sp³-hybridized carbons (Fsp3) is 0.0938. The molecule has 0 spiro atoms. The molecule has 0 atom stereocenters. The third kappa shape index (κ3) is 2.36. The highest BCUT2D eigenvalue weighted by Crippen LogP contribution is 2.56. The number of hydrogen-bond acceptors (Lipinski definition) is 2. The lowest BCUT2D eigenvalue weighted by molar-refractivity contribution is 0.667. The highest BCUT2D eigenvalue weighted by atomic mass is 32.1. The fourth-order valence-electron chi connectivity index (χ4n) is 6.36. The Morgan fingerprint density at radius 2 is 1.40 bits per heavy atom. The molecule has 0 bridgehead atoms. The largest absolute Gasteiger partial charge is 0.285 e. The Kier molecular flexibility index (Phi) is 3.64. The first-order valence-electron chi connectivity index (χ1n) is 12.1. The molecule has 0 saturated heterocycles. The first-order chi connectivity index (χ1) is 17.1. The van der Waals surface area contributed by atoms with Crippen molar-refractivity contribution in [2.75, 3.05) is 0 Å². The quantitative estimate of drug-likeness (QED) is 0.236. The molecule has 0 fully saturated rings. The smallest absolute Gasteiger partial charge is 0.195 e. The summed E-state index contributed by atoms with van der Waals surface area (Å²) in [7, 11) is 0. The number of aromatic nitrogens is 2. The van der Waals surface area contributed by atoms with Crippen LogP contribution in [0.3, 0.4) is 0 Å². The summed E-state index contributed by atoms with van der Waals surface area (Å²) in [6.45, 7) is 4.77. The summed E-state index contributed by atoms with van der Waals surface area (Å²) in [5.41, 5.74) is 9.02. The van der Waals surface area contributed by atoms with Gasteiger partial charge in [0.25, 0.3) is 0 Å². The number of benzene rings is 5. The average Bonchev–Trinajstić information content (AvgIpc) is 3.53. The van der Waals surface area contributed by atoms with Gasteiger partial charge in [0.05, 0.1) is 21.3 Å². The summed E-state index contributed by atoms with van der Waals surface area (Å²) in [4.78, 5) is 5.11. The van der Waals surface area contributed by atoms with Crippen molar-refractivity contribution in [3.8, 4) is 16.3 Å². The van der Waals surface area contributed by atoms with Crippen molar-refractivity contribution in [3.05, 3.63) is 108 Å². The number of thiazole rings is 1. The maximum Gasteiger partial charge on any atom is 0.195 e. The molecule has 1 aliphatic carbocycles. The first-order valence-corrected chi connectivity index (χ1v) is 12.9. The zero-order valence-corrected chi connectivity index (χ0v) is 20.4. The molecule has 8 rings (SSSR count). The van der Waals surface area contributed by atoms with E-state index in [-0.39, 0.29) is 5.41 Å². The molecule has 35 heavy (non-hydrogen) atoms. The van der Waals surface area contributed by atoms with Gasteiger partial charge in [0.15, 0.2) is 5.13 Å². The van der Waals surface area contributed by atoms with Gasteiger partial charge in [0.2, 0.25) is 0 Å². The van der Waals surface area contributed by atoms with Crippen LogP contribution in [0.4, 0.5) is 0 Å². The van der Waals surface area contributed by atoms with Crippen LogP contribution >= 0.6 is 11.3 Å². The molecule has 0 unspecified atom stereocenters. The van der Waals surface area contributed by atoms with Crippen molar-refractivity contribution in [2.45, 2.75) is 19.3 Å². The van der Waals surface area contributed by atoms with Crippen molar-refractivity contribution >= 4 is 54.1 Å². The van der Waals surface area contributed by atoms with Crippen molar-refractivity contribution in [1.82, 2.24) is 9.55 Å². The highest BCUT2D eigenvalue weighted by molar-refractivity contribution is 7.20. The Bertz CT molecular complexity index is 1950. The molecule has 5 aromatic carbocycles. The van der Waals surface area contributed by atoms with Crippen LogP contribution in [0, 0.1) is 0 Å². The zero-order chi connectivity index (χ0) is 23.3. The molecule has 0 radical (unpaired) electrons. The van der Waals surface area contributed by atoms with Gasteiger partial charge in [-0.05, 0) is 45.8 Å². The summed E-state index contributed by atoms with van der Waals surface area (Å²) in [5, 5.41) is 6.28. The number of nitrogens with zero attached hydrogens (tertiary/aromatic N) is 2. The number of para-hydroxylation sites is 2. The van der Waals surface area contributed by atoms with E-state index in [1.54, 1.807) is 11.3 Å². The second kappa shape index (κ2) is 6.59. The predicted octanol–water partition coefficient (Wildman–Crippen LogP) is 8.85. The standard InChI is InChI=1S/C32H22N2S/c1-32(2)23-15-7-5-13-21(23)27-19-11-3-4-12-20(19)30-28(29(27)32)22-14-6-9-17-25(22)34(30)31-33-24-16-8-10-18-26(24)35-31/h3-18H,1-2H3. The summed E-state index contributed by atoms with van der Waals surface area (Å²) in [5.74, 6) is 0. The maximum atomic E-state index is 5.11. The zero-order valence-electron chi connectivity index (χ0n) is 19.5. The predicted molar refractivity (Wildman–Crippen MR) is 149 cm³/mol. The molecule has 0 amide bonds. The third-order valence-electron chi connectivity index (χ3n) is 7.79. The lowest BCUT2D eigenvalue weighted by Crippen LogP contribution is -2.15. The summed E-state index contributed by atoms with van der Waals surface area (Å²) >= 11 is 1.77. The third-order valence-corrected chi connectivity index (χ3v) is 8.82. The van der Waals surface area contributed by atoms with Crippen LogP contribution in [0.5, 0.6) is 0 Å². The van der Waals surface area contributed by atoms with Crippen LogP contribution in [0.2, 0.25) is 0 Å². The lowest BCUT2D eigenvalue weighted by Gasteiger charge is -2.23. The molecule has 0 saturated carbocycles. The topological polar surface area (TPSA) is 17.8 Å². The van der Waals surface area contributed by atoms with Crippen molar-refractivity contribution in [3.63, 3.8) is 0 Å². The van der Waals surface area contributed by atoms with E-state index in [0.717, 1.165) is 10.6 Å². The normalized spacial score (nSPS) is 14.2. The van der Waals surface area contributed by atoms with Crippen molar-refractivity contribution in [1.29, 1.82) is 0 Å². The minimum Gasteiger partial charge on any atom is -0.285 e. The van der Waals surface area contributed by atoms with Gasteiger partial charge in [0, 0.05) is 21.6 Å². The summed E-state index contributed by atoms with van der Waals surface area (Å²) in [6, 6.07) is 35.2. The van der Waals surface area contributed by atoms with E-state index in [0.29, 0.717) is 0 Å². The SMILES string of the molecule is CC1(C)c2ccccc2-c2c1c1c3ccccc3n(-c3nc4ccccc4s3)c1c1ccccc21. The Hall–Kier alpha value is -3.95. The summed E-state index contributed by atoms with van der Waals surface area (Å²) < 4.78 is 3.63. The number of fused-ring (bicyclic) bond motifs is 11. The van der Waals surface area contributed by atoms with Crippen LogP contribution in [0.1, 0.15) is 25.0 Å². The highest BCUT2D eigenvalue weighted by Gasteiger charge is 2.39. The molecule has 7 aromatic rings. The Labute approximate surface area is 207 Å². The Morgan fingerprint density at radius 3 is 2.26 bits per heavy atom. The van der Waals surface area contributed by atoms with Crippen LogP contribution < -0.4 is 0 Å². The van der Waals surface area contributed by atoms with E-state index in [4.69, 9.17) is 4.98 Å². The van der Waals surface area contributed by atoms with Gasteiger partial charge in [-0.25, -0.2) is 4.98 Å². The fourth-order valence-corrected chi connectivity index (χ4v) is 7.34. The van der Waals surface area contributed by atoms with Gasteiger partial charge in [-0.15, -0.1) is 0 Å². The molecule has 1 aliphatic rings. The van der Waals surface area contributed by atoms with Gasteiger partial charge >= 0.3 is 0 Å². The second-order valence-electron chi connectivity index (χ2n) is 10.0. The lowest BCUT2D eigenvalue weighted by atomic mass is 9.79. The van der Waals surface area contributed by atoms with E-state index < -0.39 is 0 Å². The van der Waals surface area contributed by atoms with Gasteiger partial charge in [0.1, 0.15) is 0 Å². The molecule has 3 heteroatoms. The molecule has 2 heterocycles. The molecule has 166 valence electrons. The number of hydrogen-bond donors (Lipinski definition) is 0. The minimum absolute atomic E-state index is 0.100. The van der Waals surface area contributed by atoms with Crippen LogP contribution in [-0.4, -0.2) is 9.55 Å². The molecule has 0 N–H and O–H groups in total. The molecule has 2 aromatic heterocycles. The van der Waals surface area contributed by atoms with E-state index in [1.165, 1.54) is 59.5 Å². The Morgan fingerprint density at radius 1 is 0.714 bits per heavy atom. The molecular weight excluding hydrogens is 444 g/mol. The van der Waals surface area contributed by atoms with Gasteiger partial charge in [-0.2, -0.15) is 0 Å². The van der Waals surface area contributed by atoms with E-state index in [1.807, 2.05) is 0 Å². The van der Waals surface area contributed by atoms with Crippen LogP contribution in [-0.2, 0) is 5.41 Å². The summed E-state index contributed by atoms with van der Waals surface area (Å²) in [6.07, 6.45) is 0. The second-order valence-corrected chi connectivity index (χ2v) is 11.0. The molecule has 0 aliphatic heterocycles. The van der Waals surface area contributed by atoms with Gasteiger partial charge in [-0.3, -0.25) is 4.57 Å². The van der Waals surface area contributed by atoms with Crippen molar-refractivity contribution < 1.29 is 0 Å². The van der Waals surface area contributed by atoms with E-state index in [2.05, 4.69) is 115 Å². The Balaban J connectivity index is 1.67. The van der Waals surface area contributed by atoms with Crippen molar-refractivity contribution in [2.24, 2.45) is 0 Å². The van der Waals surface area contributed by atoms with Gasteiger partial charge in [-0.1, -0.05) is 104 Å². The molecular formula is C32H22N2S. The number of rotatable bonds is 1. The average molecular weight is 467 g/mol. The molecule has 2 nitrogen and oxygen atoms in total. The van der Waals surface area contributed by atoms with Crippen LogP contribution in [0.25, 0.3) is 59.1 Å². The maximum absolute atomic E-state index is 5.11. The monoisotopic (exact) mass is 466 g/mol. The van der Waals surface area contributed by atoms with E-state index >= 15 is 0 Å². The van der Waals surface area contributed by atoms with E-state index in [9.17, 15) is 0 Å². The first kappa shape index (κ1) is 19.4. The minimum atomic E-state index is -0.100.